The molecule has 1 heterocycles. The molecular formula is C15H19F3N4. The number of alkyl halides is 3. The van der Waals surface area contributed by atoms with Gasteiger partial charge in [0.15, 0.2) is 0 Å². The van der Waals surface area contributed by atoms with E-state index in [0.717, 1.165) is 19.6 Å². The van der Waals surface area contributed by atoms with Crippen LogP contribution in [0.25, 0.3) is 10.9 Å². The summed E-state index contributed by atoms with van der Waals surface area (Å²) < 4.78 is 38.7. The van der Waals surface area contributed by atoms with Gasteiger partial charge in [0.25, 0.3) is 0 Å². The molecule has 1 N–H and O–H groups in total. The Morgan fingerprint density at radius 3 is 2.41 bits per heavy atom. The van der Waals surface area contributed by atoms with Crippen molar-refractivity contribution in [2.45, 2.75) is 20.0 Å². The van der Waals surface area contributed by atoms with Crippen molar-refractivity contribution in [1.29, 1.82) is 0 Å². The third kappa shape index (κ3) is 3.85. The number of rotatable bonds is 6. The number of likely N-dealkylation sites (N-methyl/N-ethyl adjacent to an activating group) is 1. The smallest absolute Gasteiger partial charge is 0.368 e. The van der Waals surface area contributed by atoms with Crippen molar-refractivity contribution in [3.8, 4) is 0 Å². The molecule has 0 unspecified atom stereocenters. The van der Waals surface area contributed by atoms with Gasteiger partial charge in [-0.1, -0.05) is 26.0 Å². The average Bonchev–Trinajstić information content (AvgIpc) is 2.50. The van der Waals surface area contributed by atoms with Crippen LogP contribution in [-0.4, -0.2) is 41.0 Å². The van der Waals surface area contributed by atoms with Crippen molar-refractivity contribution in [2.75, 3.05) is 31.5 Å². The van der Waals surface area contributed by atoms with Crippen LogP contribution in [0, 0.1) is 0 Å². The average molecular weight is 312 g/mol. The number of hydrogen-bond donors (Lipinski definition) is 1. The third-order valence-electron chi connectivity index (χ3n) is 3.47. The van der Waals surface area contributed by atoms with Crippen LogP contribution in [0.3, 0.4) is 0 Å². The van der Waals surface area contributed by atoms with E-state index < -0.39 is 12.0 Å². The summed E-state index contributed by atoms with van der Waals surface area (Å²) in [4.78, 5) is 9.43. The number of para-hydroxylation sites is 1. The highest BCUT2D eigenvalue weighted by molar-refractivity contribution is 5.89. The molecule has 0 saturated heterocycles. The lowest BCUT2D eigenvalue weighted by atomic mass is 10.2. The Bertz CT molecular complexity index is 624. The van der Waals surface area contributed by atoms with Gasteiger partial charge in [0.2, 0.25) is 5.82 Å². The zero-order chi connectivity index (χ0) is 16.2. The fourth-order valence-electron chi connectivity index (χ4n) is 2.21. The van der Waals surface area contributed by atoms with Gasteiger partial charge in [0.05, 0.1) is 5.52 Å². The Labute approximate surface area is 127 Å². The monoisotopic (exact) mass is 312 g/mol. The molecule has 2 rings (SSSR count). The quantitative estimate of drug-likeness (QED) is 0.887. The van der Waals surface area contributed by atoms with Crippen molar-refractivity contribution >= 4 is 16.7 Å². The molecule has 2 aromatic rings. The maximum absolute atomic E-state index is 12.9. The normalized spacial score (nSPS) is 12.1. The summed E-state index contributed by atoms with van der Waals surface area (Å²) in [7, 11) is 0. The number of nitrogens with zero attached hydrogens (tertiary/aromatic N) is 3. The first-order chi connectivity index (χ1) is 10.5. The molecule has 0 fully saturated rings. The van der Waals surface area contributed by atoms with Crippen LogP contribution < -0.4 is 5.32 Å². The predicted octanol–water partition coefficient (Wildman–Crippen LogP) is 3.40. The van der Waals surface area contributed by atoms with Crippen LogP contribution in [0.15, 0.2) is 24.3 Å². The van der Waals surface area contributed by atoms with Crippen LogP contribution in [0.5, 0.6) is 0 Å². The van der Waals surface area contributed by atoms with Gasteiger partial charge in [-0.05, 0) is 25.2 Å². The second kappa shape index (κ2) is 6.91. The first-order valence-corrected chi connectivity index (χ1v) is 7.26. The lowest BCUT2D eigenvalue weighted by Gasteiger charge is -2.19. The lowest BCUT2D eigenvalue weighted by molar-refractivity contribution is -0.144. The van der Waals surface area contributed by atoms with Crippen LogP contribution >= 0.6 is 0 Å². The minimum Gasteiger partial charge on any atom is -0.368 e. The third-order valence-corrected chi connectivity index (χ3v) is 3.47. The van der Waals surface area contributed by atoms with E-state index in [1.54, 1.807) is 24.3 Å². The van der Waals surface area contributed by atoms with Gasteiger partial charge in [0.1, 0.15) is 5.82 Å². The van der Waals surface area contributed by atoms with E-state index in [4.69, 9.17) is 0 Å². The first-order valence-electron chi connectivity index (χ1n) is 7.26. The van der Waals surface area contributed by atoms with Crippen molar-refractivity contribution in [3.63, 3.8) is 0 Å². The fraction of sp³-hybridized carbons (Fsp3) is 0.467. The Hall–Kier alpha value is -1.89. The van der Waals surface area contributed by atoms with Crippen molar-refractivity contribution < 1.29 is 13.2 Å². The molecule has 22 heavy (non-hydrogen) atoms. The maximum atomic E-state index is 12.9. The van der Waals surface area contributed by atoms with Gasteiger partial charge in [0, 0.05) is 18.5 Å². The zero-order valence-electron chi connectivity index (χ0n) is 12.6. The minimum absolute atomic E-state index is 0.227. The standard InChI is InChI=1S/C15H19F3N4/c1-3-22(4-2)10-9-19-13-11-7-5-6-8-12(11)20-14(21-13)15(16,17)18/h5-8H,3-4,9-10H2,1-2H3,(H,19,20,21). The number of anilines is 1. The molecule has 4 nitrogen and oxygen atoms in total. The van der Waals surface area contributed by atoms with Crippen molar-refractivity contribution in [3.05, 3.63) is 30.1 Å². The summed E-state index contributed by atoms with van der Waals surface area (Å²) in [5.74, 6) is -0.887. The number of benzene rings is 1. The highest BCUT2D eigenvalue weighted by atomic mass is 19.4. The van der Waals surface area contributed by atoms with E-state index in [0.29, 0.717) is 11.9 Å². The number of nitrogens with one attached hydrogen (secondary N) is 1. The van der Waals surface area contributed by atoms with E-state index >= 15 is 0 Å². The van der Waals surface area contributed by atoms with Crippen LogP contribution in [0.2, 0.25) is 0 Å². The molecule has 7 heteroatoms. The summed E-state index contributed by atoms with van der Waals surface area (Å²) in [6.07, 6.45) is -4.56. The maximum Gasteiger partial charge on any atom is 0.451 e. The number of hydrogen-bond acceptors (Lipinski definition) is 4. The number of aromatic nitrogens is 2. The van der Waals surface area contributed by atoms with Crippen molar-refractivity contribution in [1.82, 2.24) is 14.9 Å². The molecule has 1 aromatic heterocycles. The Morgan fingerprint density at radius 1 is 1.09 bits per heavy atom. The van der Waals surface area contributed by atoms with Gasteiger partial charge >= 0.3 is 6.18 Å². The van der Waals surface area contributed by atoms with Gasteiger partial charge < -0.3 is 10.2 Å². The topological polar surface area (TPSA) is 41.0 Å². The molecule has 0 bridgehead atoms. The SMILES string of the molecule is CCN(CC)CCNc1nc(C(F)(F)F)nc2ccccc12. The van der Waals surface area contributed by atoms with Crippen LogP contribution in [-0.2, 0) is 6.18 Å². The molecule has 0 aliphatic heterocycles. The molecule has 0 aliphatic rings. The number of halogens is 3. The molecule has 0 aliphatic carbocycles. The molecular weight excluding hydrogens is 293 g/mol. The molecule has 0 spiro atoms. The molecule has 0 radical (unpaired) electrons. The first kappa shape index (κ1) is 16.5. The van der Waals surface area contributed by atoms with Crippen LogP contribution in [0.4, 0.5) is 19.0 Å². The summed E-state index contributed by atoms with van der Waals surface area (Å²) in [5.41, 5.74) is 0.287. The van der Waals surface area contributed by atoms with Crippen LogP contribution in [0.1, 0.15) is 19.7 Å². The van der Waals surface area contributed by atoms with E-state index in [1.165, 1.54) is 0 Å². The molecule has 1 aromatic carbocycles. The highest BCUT2D eigenvalue weighted by Crippen LogP contribution is 2.30. The Balaban J connectivity index is 2.27. The summed E-state index contributed by atoms with van der Waals surface area (Å²) >= 11 is 0. The summed E-state index contributed by atoms with van der Waals surface area (Å²) in [6.45, 7) is 7.16. The second-order valence-corrected chi connectivity index (χ2v) is 4.86. The summed E-state index contributed by atoms with van der Waals surface area (Å²) in [5, 5.41) is 3.60. The lowest BCUT2D eigenvalue weighted by Crippen LogP contribution is -2.29. The van der Waals surface area contributed by atoms with Crippen molar-refractivity contribution in [2.24, 2.45) is 0 Å². The Kier molecular flexibility index (Phi) is 5.18. The summed E-state index contributed by atoms with van der Waals surface area (Å²) in [6, 6.07) is 6.70. The van der Waals surface area contributed by atoms with E-state index in [1.807, 2.05) is 13.8 Å². The predicted molar refractivity (Wildman–Crippen MR) is 80.8 cm³/mol. The van der Waals surface area contributed by atoms with Gasteiger partial charge in [-0.25, -0.2) is 9.97 Å². The van der Waals surface area contributed by atoms with Gasteiger partial charge in [-0.2, -0.15) is 13.2 Å². The van der Waals surface area contributed by atoms with Gasteiger partial charge in [-0.15, -0.1) is 0 Å². The molecule has 0 saturated carbocycles. The number of fused-ring (bicyclic) bond motifs is 1. The largest absolute Gasteiger partial charge is 0.451 e. The molecule has 120 valence electrons. The van der Waals surface area contributed by atoms with E-state index in [-0.39, 0.29) is 11.3 Å². The van der Waals surface area contributed by atoms with Gasteiger partial charge in [-0.3, -0.25) is 0 Å². The Morgan fingerprint density at radius 2 is 1.77 bits per heavy atom. The second-order valence-electron chi connectivity index (χ2n) is 4.86. The highest BCUT2D eigenvalue weighted by Gasteiger charge is 2.35. The zero-order valence-corrected chi connectivity index (χ0v) is 12.6. The van der Waals surface area contributed by atoms with E-state index in [2.05, 4.69) is 20.2 Å². The molecule has 0 atom stereocenters. The fourth-order valence-corrected chi connectivity index (χ4v) is 2.21. The minimum atomic E-state index is -4.56. The molecule has 0 amide bonds. The van der Waals surface area contributed by atoms with E-state index in [9.17, 15) is 13.2 Å².